The highest BCUT2D eigenvalue weighted by molar-refractivity contribution is 9.10. The molecule has 2 aromatic heterocycles. The number of pyridine rings is 1. The van der Waals surface area contributed by atoms with Gasteiger partial charge in [0.25, 0.3) is 0 Å². The van der Waals surface area contributed by atoms with Gasteiger partial charge in [-0.1, -0.05) is 0 Å². The Morgan fingerprint density at radius 3 is 2.88 bits per heavy atom. The smallest absolute Gasteiger partial charge is 0.187 e. The third-order valence-electron chi connectivity index (χ3n) is 1.94. The number of allylic oxidation sites excluding steroid dienone is 1. The fraction of sp³-hybridized carbons (Fsp3) is 0. The number of halogens is 1. The van der Waals surface area contributed by atoms with Gasteiger partial charge in [-0.2, -0.15) is 0 Å². The maximum absolute atomic E-state index is 11.6. The molecule has 0 spiro atoms. The standard InChI is InChI=1S/C12H8BrNO2/c13-12-6-4-10(16-12)3-5-11(15)9-2-1-7-14-8-9/h1-8H/b5-3+. The van der Waals surface area contributed by atoms with Crippen molar-refractivity contribution < 1.29 is 9.21 Å². The number of furan rings is 1. The number of carbonyl (C=O) groups is 1. The molecule has 0 N–H and O–H groups in total. The molecule has 0 fully saturated rings. The van der Waals surface area contributed by atoms with Crippen LogP contribution >= 0.6 is 15.9 Å². The fourth-order valence-electron chi connectivity index (χ4n) is 1.18. The first-order valence-corrected chi connectivity index (χ1v) is 5.43. The number of ketones is 1. The van der Waals surface area contributed by atoms with Crippen LogP contribution in [0.15, 0.2) is 51.8 Å². The highest BCUT2D eigenvalue weighted by Crippen LogP contribution is 2.15. The van der Waals surface area contributed by atoms with Crippen molar-refractivity contribution in [3.63, 3.8) is 0 Å². The van der Waals surface area contributed by atoms with E-state index in [0.29, 0.717) is 16.0 Å². The Balaban J connectivity index is 2.11. The van der Waals surface area contributed by atoms with Crippen LogP contribution < -0.4 is 0 Å². The minimum Gasteiger partial charge on any atom is -0.450 e. The molecule has 0 radical (unpaired) electrons. The molecule has 4 heteroatoms. The maximum Gasteiger partial charge on any atom is 0.187 e. The molecular weight excluding hydrogens is 270 g/mol. The van der Waals surface area contributed by atoms with Crippen LogP contribution in [0.25, 0.3) is 6.08 Å². The van der Waals surface area contributed by atoms with Gasteiger partial charge in [0.2, 0.25) is 0 Å². The fourth-order valence-corrected chi connectivity index (χ4v) is 1.50. The van der Waals surface area contributed by atoms with Crippen molar-refractivity contribution in [3.8, 4) is 0 Å². The van der Waals surface area contributed by atoms with Crippen molar-refractivity contribution in [2.24, 2.45) is 0 Å². The molecule has 0 aliphatic rings. The number of hydrogen-bond donors (Lipinski definition) is 0. The summed E-state index contributed by atoms with van der Waals surface area (Å²) in [6.07, 6.45) is 6.25. The number of rotatable bonds is 3. The normalized spacial score (nSPS) is 10.8. The Morgan fingerprint density at radius 2 is 2.25 bits per heavy atom. The molecule has 0 saturated carbocycles. The molecule has 80 valence electrons. The van der Waals surface area contributed by atoms with Crippen LogP contribution in [0.5, 0.6) is 0 Å². The molecule has 0 aliphatic heterocycles. The van der Waals surface area contributed by atoms with E-state index in [2.05, 4.69) is 20.9 Å². The highest BCUT2D eigenvalue weighted by atomic mass is 79.9. The average molecular weight is 278 g/mol. The van der Waals surface area contributed by atoms with Gasteiger partial charge in [-0.25, -0.2) is 0 Å². The van der Waals surface area contributed by atoms with E-state index in [9.17, 15) is 4.79 Å². The number of nitrogens with zero attached hydrogens (tertiary/aromatic N) is 1. The predicted molar refractivity (Wildman–Crippen MR) is 64.0 cm³/mol. The number of aromatic nitrogens is 1. The second-order valence-corrected chi connectivity index (χ2v) is 3.86. The summed E-state index contributed by atoms with van der Waals surface area (Å²) in [7, 11) is 0. The zero-order valence-corrected chi connectivity index (χ0v) is 9.85. The molecule has 0 unspecified atom stereocenters. The van der Waals surface area contributed by atoms with Gasteiger partial charge in [-0.05, 0) is 52.3 Å². The Bertz CT molecular complexity index is 517. The van der Waals surface area contributed by atoms with Gasteiger partial charge in [0.05, 0.1) is 0 Å². The van der Waals surface area contributed by atoms with Gasteiger partial charge in [-0.3, -0.25) is 9.78 Å². The maximum atomic E-state index is 11.6. The summed E-state index contributed by atoms with van der Waals surface area (Å²) in [5.74, 6) is 0.532. The van der Waals surface area contributed by atoms with E-state index < -0.39 is 0 Å². The van der Waals surface area contributed by atoms with E-state index >= 15 is 0 Å². The third kappa shape index (κ3) is 2.67. The lowest BCUT2D eigenvalue weighted by Crippen LogP contribution is -1.93. The summed E-state index contributed by atoms with van der Waals surface area (Å²) in [6.45, 7) is 0. The van der Waals surface area contributed by atoms with Crippen LogP contribution in [0.3, 0.4) is 0 Å². The lowest BCUT2D eigenvalue weighted by Gasteiger charge is -1.92. The first-order chi connectivity index (χ1) is 7.75. The molecule has 0 bridgehead atoms. The average Bonchev–Trinajstić information content (AvgIpc) is 2.73. The van der Waals surface area contributed by atoms with Gasteiger partial charge in [0.15, 0.2) is 10.5 Å². The second kappa shape index (κ2) is 4.90. The van der Waals surface area contributed by atoms with Crippen molar-refractivity contribution in [1.29, 1.82) is 0 Å². The largest absolute Gasteiger partial charge is 0.450 e. The van der Waals surface area contributed by atoms with Crippen LogP contribution in [0.1, 0.15) is 16.1 Å². The molecule has 0 aliphatic carbocycles. The monoisotopic (exact) mass is 277 g/mol. The van der Waals surface area contributed by atoms with Crippen molar-refractivity contribution >= 4 is 27.8 Å². The minimum absolute atomic E-state index is 0.0966. The molecule has 0 saturated heterocycles. The number of carbonyl (C=O) groups excluding carboxylic acids is 1. The van der Waals surface area contributed by atoms with Crippen LogP contribution in [-0.4, -0.2) is 10.8 Å². The quantitative estimate of drug-likeness (QED) is 0.638. The molecule has 2 aromatic rings. The first-order valence-electron chi connectivity index (χ1n) is 4.63. The zero-order chi connectivity index (χ0) is 11.4. The SMILES string of the molecule is O=C(/C=C/c1ccc(Br)o1)c1cccnc1. The molecule has 2 rings (SSSR count). The summed E-state index contributed by atoms with van der Waals surface area (Å²) in [5.41, 5.74) is 0.560. The van der Waals surface area contributed by atoms with Gasteiger partial charge >= 0.3 is 0 Å². The van der Waals surface area contributed by atoms with E-state index in [1.807, 2.05) is 0 Å². The Morgan fingerprint density at radius 1 is 1.38 bits per heavy atom. The minimum atomic E-state index is -0.0966. The Hall–Kier alpha value is -1.68. The first kappa shape index (κ1) is 10.8. The van der Waals surface area contributed by atoms with E-state index in [-0.39, 0.29) is 5.78 Å². The van der Waals surface area contributed by atoms with E-state index in [1.54, 1.807) is 36.5 Å². The van der Waals surface area contributed by atoms with Gasteiger partial charge < -0.3 is 4.42 Å². The van der Waals surface area contributed by atoms with Crippen LogP contribution in [0.4, 0.5) is 0 Å². The summed E-state index contributed by atoms with van der Waals surface area (Å²) >= 11 is 3.19. The lowest BCUT2D eigenvalue weighted by atomic mass is 10.2. The molecule has 0 amide bonds. The second-order valence-electron chi connectivity index (χ2n) is 3.08. The van der Waals surface area contributed by atoms with Gasteiger partial charge in [0, 0.05) is 18.0 Å². The van der Waals surface area contributed by atoms with Crippen molar-refractivity contribution in [2.45, 2.75) is 0 Å². The van der Waals surface area contributed by atoms with Crippen molar-refractivity contribution in [3.05, 3.63) is 58.7 Å². The molecule has 2 heterocycles. The molecule has 0 atom stereocenters. The predicted octanol–water partition coefficient (Wildman–Crippen LogP) is 3.33. The topological polar surface area (TPSA) is 43.1 Å². The van der Waals surface area contributed by atoms with E-state index in [1.165, 1.54) is 12.3 Å². The number of hydrogen-bond acceptors (Lipinski definition) is 3. The van der Waals surface area contributed by atoms with Gasteiger partial charge in [0.1, 0.15) is 5.76 Å². The van der Waals surface area contributed by atoms with Crippen LogP contribution in [0.2, 0.25) is 0 Å². The summed E-state index contributed by atoms with van der Waals surface area (Å²) in [4.78, 5) is 15.5. The van der Waals surface area contributed by atoms with Crippen LogP contribution in [-0.2, 0) is 0 Å². The Kier molecular flexibility index (Phi) is 3.31. The van der Waals surface area contributed by atoms with E-state index in [0.717, 1.165) is 0 Å². The van der Waals surface area contributed by atoms with E-state index in [4.69, 9.17) is 4.42 Å². The molecule has 0 aromatic carbocycles. The molecule has 16 heavy (non-hydrogen) atoms. The van der Waals surface area contributed by atoms with Crippen molar-refractivity contribution in [2.75, 3.05) is 0 Å². The summed E-state index contributed by atoms with van der Waals surface area (Å²) in [5, 5.41) is 0. The molecular formula is C12H8BrNO2. The third-order valence-corrected chi connectivity index (χ3v) is 2.37. The summed E-state index contributed by atoms with van der Waals surface area (Å²) in [6, 6.07) is 6.99. The Labute approximate surface area is 101 Å². The highest BCUT2D eigenvalue weighted by Gasteiger charge is 2.01. The van der Waals surface area contributed by atoms with Crippen LogP contribution in [0, 0.1) is 0 Å². The lowest BCUT2D eigenvalue weighted by molar-refractivity contribution is 0.104. The van der Waals surface area contributed by atoms with Gasteiger partial charge in [-0.15, -0.1) is 0 Å². The molecule has 3 nitrogen and oxygen atoms in total. The zero-order valence-electron chi connectivity index (χ0n) is 8.26. The summed E-state index contributed by atoms with van der Waals surface area (Å²) < 4.78 is 5.87. The van der Waals surface area contributed by atoms with Crippen molar-refractivity contribution in [1.82, 2.24) is 4.98 Å².